The zero-order valence-electron chi connectivity index (χ0n) is 14.3. The molecule has 3 aromatic rings. The Balaban J connectivity index is 1.78. The van der Waals surface area contributed by atoms with Gasteiger partial charge in [-0.3, -0.25) is 4.79 Å². The fraction of sp³-hybridized carbons (Fsp3) is 0.300. The molecule has 0 radical (unpaired) electrons. The minimum absolute atomic E-state index is 0.157. The molecule has 0 N–H and O–H groups in total. The Morgan fingerprint density at radius 3 is 2.72 bits per heavy atom. The molecule has 5 heteroatoms. The molecule has 25 heavy (non-hydrogen) atoms. The highest BCUT2D eigenvalue weighted by Gasteiger charge is 2.21. The SMILES string of the molecule is COc1cccc(-c2nc3ccccc3n2CC(=O)N2CCCC2)c1. The Morgan fingerprint density at radius 2 is 1.92 bits per heavy atom. The Labute approximate surface area is 146 Å². The molecule has 0 saturated carbocycles. The third-order valence-corrected chi connectivity index (χ3v) is 4.73. The first kappa shape index (κ1) is 15.7. The summed E-state index contributed by atoms with van der Waals surface area (Å²) in [5.74, 6) is 1.74. The number of hydrogen-bond donors (Lipinski definition) is 0. The van der Waals surface area contributed by atoms with E-state index in [2.05, 4.69) is 0 Å². The van der Waals surface area contributed by atoms with Crippen molar-refractivity contribution in [2.45, 2.75) is 19.4 Å². The maximum absolute atomic E-state index is 12.7. The van der Waals surface area contributed by atoms with Crippen LogP contribution >= 0.6 is 0 Å². The standard InChI is InChI=1S/C20H21N3O2/c1-25-16-8-6-7-15(13-16)20-21-17-9-2-3-10-18(17)23(20)14-19(24)22-11-4-5-12-22/h2-3,6-10,13H,4-5,11-12,14H2,1H3. The van der Waals surface area contributed by atoms with Crippen LogP contribution in [-0.2, 0) is 11.3 Å². The third kappa shape index (κ3) is 2.97. The number of fused-ring (bicyclic) bond motifs is 1. The van der Waals surface area contributed by atoms with Crippen LogP contribution in [0, 0.1) is 0 Å². The van der Waals surface area contributed by atoms with Gasteiger partial charge in [0.25, 0.3) is 0 Å². The number of imidazole rings is 1. The van der Waals surface area contributed by atoms with E-state index in [4.69, 9.17) is 9.72 Å². The number of hydrogen-bond acceptors (Lipinski definition) is 3. The van der Waals surface area contributed by atoms with Crippen LogP contribution in [0.1, 0.15) is 12.8 Å². The van der Waals surface area contributed by atoms with Crippen LogP contribution in [0.3, 0.4) is 0 Å². The average molecular weight is 335 g/mol. The number of methoxy groups -OCH3 is 1. The van der Waals surface area contributed by atoms with Crippen molar-refractivity contribution in [1.82, 2.24) is 14.5 Å². The zero-order chi connectivity index (χ0) is 17.2. The fourth-order valence-corrected chi connectivity index (χ4v) is 3.42. The Bertz CT molecular complexity index is 910. The second-order valence-corrected chi connectivity index (χ2v) is 6.33. The van der Waals surface area contributed by atoms with Gasteiger partial charge >= 0.3 is 0 Å². The van der Waals surface area contributed by atoms with E-state index < -0.39 is 0 Å². The molecule has 1 aromatic heterocycles. The number of amides is 1. The van der Waals surface area contributed by atoms with Crippen LogP contribution in [0.5, 0.6) is 5.75 Å². The highest BCUT2D eigenvalue weighted by Crippen LogP contribution is 2.27. The second-order valence-electron chi connectivity index (χ2n) is 6.33. The molecular formula is C20H21N3O2. The van der Waals surface area contributed by atoms with Crippen LogP contribution in [0.4, 0.5) is 0 Å². The van der Waals surface area contributed by atoms with Crippen molar-refractivity contribution in [2.24, 2.45) is 0 Å². The van der Waals surface area contributed by atoms with Gasteiger partial charge in [0, 0.05) is 18.7 Å². The van der Waals surface area contributed by atoms with E-state index in [-0.39, 0.29) is 5.91 Å². The van der Waals surface area contributed by atoms with Gasteiger partial charge < -0.3 is 14.2 Å². The van der Waals surface area contributed by atoms with Gasteiger partial charge in [-0.15, -0.1) is 0 Å². The minimum Gasteiger partial charge on any atom is -0.497 e. The quantitative estimate of drug-likeness (QED) is 0.735. The van der Waals surface area contributed by atoms with E-state index in [1.807, 2.05) is 58.0 Å². The molecule has 0 aliphatic carbocycles. The monoisotopic (exact) mass is 335 g/mol. The zero-order valence-corrected chi connectivity index (χ0v) is 14.3. The Hall–Kier alpha value is -2.82. The number of likely N-dealkylation sites (tertiary alicyclic amines) is 1. The summed E-state index contributed by atoms with van der Waals surface area (Å²) < 4.78 is 7.36. The Morgan fingerprint density at radius 1 is 1.12 bits per heavy atom. The third-order valence-electron chi connectivity index (χ3n) is 4.73. The summed E-state index contributed by atoms with van der Waals surface area (Å²) in [6, 6.07) is 15.8. The summed E-state index contributed by atoms with van der Waals surface area (Å²) in [4.78, 5) is 19.4. The predicted molar refractivity (Wildman–Crippen MR) is 97.5 cm³/mol. The largest absolute Gasteiger partial charge is 0.497 e. The summed E-state index contributed by atoms with van der Waals surface area (Å²) in [7, 11) is 1.65. The van der Waals surface area contributed by atoms with Crippen LogP contribution < -0.4 is 4.74 Å². The van der Waals surface area contributed by atoms with Crippen molar-refractivity contribution in [3.05, 3.63) is 48.5 Å². The lowest BCUT2D eigenvalue weighted by Gasteiger charge is -2.17. The molecular weight excluding hydrogens is 314 g/mol. The first-order valence-corrected chi connectivity index (χ1v) is 8.64. The molecule has 1 aliphatic heterocycles. The normalized spacial score (nSPS) is 14.2. The van der Waals surface area contributed by atoms with Gasteiger partial charge in [-0.1, -0.05) is 24.3 Å². The van der Waals surface area contributed by atoms with Crippen LogP contribution in [0.25, 0.3) is 22.4 Å². The summed E-state index contributed by atoms with van der Waals surface area (Å²) in [6.45, 7) is 2.03. The van der Waals surface area contributed by atoms with Crippen LogP contribution in [0.15, 0.2) is 48.5 Å². The molecule has 4 rings (SSSR count). The average Bonchev–Trinajstić information content (AvgIpc) is 3.30. The molecule has 1 saturated heterocycles. The summed E-state index contributed by atoms with van der Waals surface area (Å²) in [5, 5.41) is 0. The van der Waals surface area contributed by atoms with Gasteiger partial charge in [0.2, 0.25) is 5.91 Å². The number of carbonyl (C=O) groups excluding carboxylic acids is 1. The van der Waals surface area contributed by atoms with Crippen molar-refractivity contribution in [1.29, 1.82) is 0 Å². The fourth-order valence-electron chi connectivity index (χ4n) is 3.42. The molecule has 0 unspecified atom stereocenters. The van der Waals surface area contributed by atoms with Crippen molar-refractivity contribution < 1.29 is 9.53 Å². The second kappa shape index (κ2) is 6.59. The van der Waals surface area contributed by atoms with Crippen LogP contribution in [-0.4, -0.2) is 40.6 Å². The summed E-state index contributed by atoms with van der Waals surface area (Å²) >= 11 is 0. The number of nitrogens with zero attached hydrogens (tertiary/aromatic N) is 3. The first-order chi connectivity index (χ1) is 12.3. The highest BCUT2D eigenvalue weighted by molar-refractivity contribution is 5.84. The molecule has 1 amide bonds. The van der Waals surface area contributed by atoms with E-state index in [0.29, 0.717) is 6.54 Å². The van der Waals surface area contributed by atoms with E-state index in [0.717, 1.165) is 54.1 Å². The highest BCUT2D eigenvalue weighted by atomic mass is 16.5. The maximum Gasteiger partial charge on any atom is 0.242 e. The van der Waals surface area contributed by atoms with E-state index in [1.165, 1.54) is 0 Å². The van der Waals surface area contributed by atoms with E-state index >= 15 is 0 Å². The Kier molecular flexibility index (Phi) is 4.14. The number of benzene rings is 2. The predicted octanol–water partition coefficient (Wildman–Crippen LogP) is 3.33. The maximum atomic E-state index is 12.7. The van der Waals surface area contributed by atoms with Crippen LogP contribution in [0.2, 0.25) is 0 Å². The minimum atomic E-state index is 0.157. The first-order valence-electron chi connectivity index (χ1n) is 8.64. The van der Waals surface area contributed by atoms with Crippen molar-refractivity contribution >= 4 is 16.9 Å². The molecule has 1 fully saturated rings. The lowest BCUT2D eigenvalue weighted by molar-refractivity contribution is -0.130. The van der Waals surface area contributed by atoms with Crippen molar-refractivity contribution in [3.63, 3.8) is 0 Å². The molecule has 1 aliphatic rings. The smallest absolute Gasteiger partial charge is 0.242 e. The molecule has 2 heterocycles. The van der Waals surface area contributed by atoms with Gasteiger partial charge in [0.15, 0.2) is 0 Å². The molecule has 0 spiro atoms. The summed E-state index contributed by atoms with van der Waals surface area (Å²) in [5.41, 5.74) is 2.83. The van der Waals surface area contributed by atoms with Crippen molar-refractivity contribution in [3.8, 4) is 17.1 Å². The van der Waals surface area contributed by atoms with Gasteiger partial charge in [0.1, 0.15) is 18.1 Å². The molecule has 0 atom stereocenters. The van der Waals surface area contributed by atoms with E-state index in [1.54, 1.807) is 7.11 Å². The number of rotatable bonds is 4. The molecule has 5 nitrogen and oxygen atoms in total. The number of aromatic nitrogens is 2. The number of ether oxygens (including phenoxy) is 1. The lowest BCUT2D eigenvalue weighted by atomic mass is 10.2. The molecule has 128 valence electrons. The van der Waals surface area contributed by atoms with Gasteiger partial charge in [-0.25, -0.2) is 4.98 Å². The summed E-state index contributed by atoms with van der Waals surface area (Å²) in [6.07, 6.45) is 2.19. The topological polar surface area (TPSA) is 47.4 Å². The van der Waals surface area contributed by atoms with E-state index in [9.17, 15) is 4.79 Å². The van der Waals surface area contributed by atoms with Gasteiger partial charge in [-0.05, 0) is 37.1 Å². The molecule has 0 bridgehead atoms. The van der Waals surface area contributed by atoms with Crippen molar-refractivity contribution in [2.75, 3.05) is 20.2 Å². The van der Waals surface area contributed by atoms with Gasteiger partial charge in [-0.2, -0.15) is 0 Å². The van der Waals surface area contributed by atoms with Gasteiger partial charge in [0.05, 0.1) is 18.1 Å². The lowest BCUT2D eigenvalue weighted by Crippen LogP contribution is -2.31. The molecule has 2 aromatic carbocycles. The number of para-hydroxylation sites is 2. The number of carbonyl (C=O) groups is 1.